The highest BCUT2D eigenvalue weighted by Gasteiger charge is 2.24. The van der Waals surface area contributed by atoms with Gasteiger partial charge in [0, 0.05) is 12.1 Å². The quantitative estimate of drug-likeness (QED) is 0.767. The molecular weight excluding hydrogens is 208 g/mol. The molecule has 2 nitrogen and oxygen atoms in total. The molecule has 2 heteroatoms. The van der Waals surface area contributed by atoms with E-state index in [0.717, 1.165) is 24.4 Å². The van der Waals surface area contributed by atoms with Gasteiger partial charge in [0.25, 0.3) is 0 Å². The normalized spacial score (nSPS) is 22.9. The highest BCUT2D eigenvalue weighted by atomic mass is 15.2. The van der Waals surface area contributed by atoms with E-state index in [-0.39, 0.29) is 0 Å². The van der Waals surface area contributed by atoms with Crippen LogP contribution in [0.25, 0.3) is 0 Å². The minimum Gasteiger partial charge on any atom is -0.314 e. The molecule has 0 aromatic heterocycles. The Labute approximate surface area is 108 Å². The van der Waals surface area contributed by atoms with Gasteiger partial charge in [-0.1, -0.05) is 34.1 Å². The topological polar surface area (TPSA) is 15.3 Å². The van der Waals surface area contributed by atoms with Gasteiger partial charge in [-0.3, -0.25) is 0 Å². The van der Waals surface area contributed by atoms with E-state index in [4.69, 9.17) is 0 Å². The fourth-order valence-corrected chi connectivity index (χ4v) is 2.72. The smallest absolute Gasteiger partial charge is 0.0105 e. The average Bonchev–Trinajstić information content (AvgIpc) is 2.35. The first-order valence-electron chi connectivity index (χ1n) is 7.52. The van der Waals surface area contributed by atoms with Crippen molar-refractivity contribution >= 4 is 0 Å². The second kappa shape index (κ2) is 7.38. The molecular formula is C15H32N2. The summed E-state index contributed by atoms with van der Waals surface area (Å²) >= 11 is 0. The van der Waals surface area contributed by atoms with E-state index in [0.29, 0.717) is 6.04 Å². The summed E-state index contributed by atoms with van der Waals surface area (Å²) in [6.45, 7) is 15.3. The lowest BCUT2D eigenvalue weighted by Crippen LogP contribution is -2.45. The minimum atomic E-state index is 0.607. The summed E-state index contributed by atoms with van der Waals surface area (Å²) in [5.41, 5.74) is 0. The van der Waals surface area contributed by atoms with Crippen LogP contribution in [0.5, 0.6) is 0 Å². The van der Waals surface area contributed by atoms with Gasteiger partial charge in [-0.2, -0.15) is 0 Å². The Hall–Kier alpha value is -0.0800. The highest BCUT2D eigenvalue weighted by Crippen LogP contribution is 2.23. The van der Waals surface area contributed by atoms with Crippen molar-refractivity contribution < 1.29 is 0 Å². The number of rotatable bonds is 6. The van der Waals surface area contributed by atoms with Gasteiger partial charge >= 0.3 is 0 Å². The SMILES string of the molecule is CCC1CCN(C(C)C(C)CNC(C)C)CC1. The van der Waals surface area contributed by atoms with E-state index in [9.17, 15) is 0 Å². The summed E-state index contributed by atoms with van der Waals surface area (Å²) in [4.78, 5) is 2.69. The number of nitrogens with zero attached hydrogens (tertiary/aromatic N) is 1. The maximum Gasteiger partial charge on any atom is 0.0105 e. The van der Waals surface area contributed by atoms with E-state index < -0.39 is 0 Å². The lowest BCUT2D eigenvalue weighted by atomic mass is 9.91. The monoisotopic (exact) mass is 240 g/mol. The van der Waals surface area contributed by atoms with Gasteiger partial charge in [-0.05, 0) is 51.2 Å². The van der Waals surface area contributed by atoms with Crippen LogP contribution in [0, 0.1) is 11.8 Å². The van der Waals surface area contributed by atoms with Gasteiger partial charge < -0.3 is 10.2 Å². The van der Waals surface area contributed by atoms with Crippen molar-refractivity contribution in [3.63, 3.8) is 0 Å². The molecule has 17 heavy (non-hydrogen) atoms. The Bertz CT molecular complexity index is 195. The summed E-state index contributed by atoms with van der Waals surface area (Å²) < 4.78 is 0. The first-order valence-corrected chi connectivity index (χ1v) is 7.52. The predicted molar refractivity (Wildman–Crippen MR) is 76.4 cm³/mol. The largest absolute Gasteiger partial charge is 0.314 e. The van der Waals surface area contributed by atoms with Crippen LogP contribution in [0.4, 0.5) is 0 Å². The van der Waals surface area contributed by atoms with E-state index in [2.05, 4.69) is 44.8 Å². The van der Waals surface area contributed by atoms with Gasteiger partial charge in [-0.25, -0.2) is 0 Å². The van der Waals surface area contributed by atoms with E-state index in [1.54, 1.807) is 0 Å². The molecule has 0 aromatic carbocycles. The Balaban J connectivity index is 2.29. The summed E-state index contributed by atoms with van der Waals surface area (Å²) in [6.07, 6.45) is 4.18. The molecule has 1 rings (SSSR count). The summed E-state index contributed by atoms with van der Waals surface area (Å²) in [5.74, 6) is 1.73. The zero-order chi connectivity index (χ0) is 12.8. The van der Waals surface area contributed by atoms with Gasteiger partial charge in [0.05, 0.1) is 0 Å². The van der Waals surface area contributed by atoms with Gasteiger partial charge in [0.2, 0.25) is 0 Å². The molecule has 102 valence electrons. The van der Waals surface area contributed by atoms with Crippen molar-refractivity contribution in [3.05, 3.63) is 0 Å². The van der Waals surface area contributed by atoms with E-state index >= 15 is 0 Å². The average molecular weight is 240 g/mol. The number of piperidine rings is 1. The third kappa shape index (κ3) is 4.97. The summed E-state index contributed by atoms with van der Waals surface area (Å²) in [5, 5.41) is 3.56. The number of nitrogens with one attached hydrogen (secondary N) is 1. The lowest BCUT2D eigenvalue weighted by molar-refractivity contribution is 0.107. The number of hydrogen-bond donors (Lipinski definition) is 1. The first kappa shape index (κ1) is 15.0. The van der Waals surface area contributed by atoms with E-state index in [1.165, 1.54) is 32.4 Å². The minimum absolute atomic E-state index is 0.607. The van der Waals surface area contributed by atoms with Crippen LogP contribution in [0.3, 0.4) is 0 Å². The van der Waals surface area contributed by atoms with Gasteiger partial charge in [0.1, 0.15) is 0 Å². The molecule has 1 fully saturated rings. The number of likely N-dealkylation sites (tertiary alicyclic amines) is 1. The van der Waals surface area contributed by atoms with Gasteiger partial charge in [0.15, 0.2) is 0 Å². The Morgan fingerprint density at radius 3 is 2.18 bits per heavy atom. The molecule has 0 bridgehead atoms. The van der Waals surface area contributed by atoms with Gasteiger partial charge in [-0.15, -0.1) is 0 Å². The molecule has 1 saturated heterocycles. The molecule has 1 heterocycles. The first-order chi connectivity index (χ1) is 8.04. The Morgan fingerprint density at radius 1 is 1.12 bits per heavy atom. The summed E-state index contributed by atoms with van der Waals surface area (Å²) in [7, 11) is 0. The lowest BCUT2D eigenvalue weighted by Gasteiger charge is -2.38. The van der Waals surface area contributed by atoms with E-state index in [1.807, 2.05) is 0 Å². The maximum absolute atomic E-state index is 3.56. The third-order valence-electron chi connectivity index (χ3n) is 4.47. The second-order valence-electron chi connectivity index (χ2n) is 6.17. The standard InChI is InChI=1S/C15H32N2/c1-6-15-7-9-17(10-8-15)14(5)13(4)11-16-12(2)3/h12-16H,6-11H2,1-5H3. The molecule has 0 amide bonds. The molecule has 1 aliphatic rings. The number of hydrogen-bond acceptors (Lipinski definition) is 2. The molecule has 0 aromatic rings. The van der Waals surface area contributed by atoms with Crippen molar-refractivity contribution in [2.24, 2.45) is 11.8 Å². The fraction of sp³-hybridized carbons (Fsp3) is 1.00. The van der Waals surface area contributed by atoms with Crippen LogP contribution in [0.15, 0.2) is 0 Å². The van der Waals surface area contributed by atoms with Crippen LogP contribution < -0.4 is 5.32 Å². The summed E-state index contributed by atoms with van der Waals surface area (Å²) in [6, 6.07) is 1.33. The van der Waals surface area contributed by atoms with Crippen molar-refractivity contribution in [2.75, 3.05) is 19.6 Å². The van der Waals surface area contributed by atoms with Crippen LogP contribution in [-0.2, 0) is 0 Å². The molecule has 0 radical (unpaired) electrons. The Kier molecular flexibility index (Phi) is 6.50. The molecule has 1 aliphatic heterocycles. The second-order valence-corrected chi connectivity index (χ2v) is 6.17. The highest BCUT2D eigenvalue weighted by molar-refractivity contribution is 4.79. The molecule has 1 N–H and O–H groups in total. The van der Waals surface area contributed by atoms with Crippen LogP contribution in [0.2, 0.25) is 0 Å². The van der Waals surface area contributed by atoms with Crippen molar-refractivity contribution in [1.29, 1.82) is 0 Å². The maximum atomic E-state index is 3.56. The molecule has 2 atom stereocenters. The van der Waals surface area contributed by atoms with Crippen LogP contribution >= 0.6 is 0 Å². The fourth-order valence-electron chi connectivity index (χ4n) is 2.72. The van der Waals surface area contributed by atoms with Crippen molar-refractivity contribution in [3.8, 4) is 0 Å². The molecule has 2 unspecified atom stereocenters. The van der Waals surface area contributed by atoms with Crippen LogP contribution in [-0.4, -0.2) is 36.6 Å². The third-order valence-corrected chi connectivity index (χ3v) is 4.47. The molecule has 0 saturated carbocycles. The Morgan fingerprint density at radius 2 is 1.71 bits per heavy atom. The zero-order valence-electron chi connectivity index (χ0n) is 12.5. The molecule has 0 aliphatic carbocycles. The molecule has 0 spiro atoms. The van der Waals surface area contributed by atoms with Crippen molar-refractivity contribution in [1.82, 2.24) is 10.2 Å². The van der Waals surface area contributed by atoms with Crippen molar-refractivity contribution in [2.45, 2.75) is 66.0 Å². The predicted octanol–water partition coefficient (Wildman–Crippen LogP) is 3.13. The van der Waals surface area contributed by atoms with Crippen LogP contribution in [0.1, 0.15) is 53.9 Å². The zero-order valence-corrected chi connectivity index (χ0v) is 12.5.